The molecule has 1 aromatic heterocycles. The van der Waals surface area contributed by atoms with Crippen LogP contribution >= 0.6 is 38.9 Å². The van der Waals surface area contributed by atoms with Gasteiger partial charge in [0.05, 0.1) is 37.9 Å². The maximum Gasteiger partial charge on any atom is 0.338 e. The molecule has 41 heavy (non-hydrogen) atoms. The fraction of sp³-hybridized carbons (Fsp3) is 0.219. The van der Waals surface area contributed by atoms with Crippen LogP contribution in [-0.2, 0) is 16.1 Å². The van der Waals surface area contributed by atoms with Crippen molar-refractivity contribution in [2.24, 2.45) is 4.99 Å². The molecule has 0 bridgehead atoms. The second-order valence-corrected chi connectivity index (χ2v) is 12.1. The molecule has 0 fully saturated rings. The average molecular weight is 652 g/mol. The molecule has 0 saturated heterocycles. The summed E-state index contributed by atoms with van der Waals surface area (Å²) in [5, 5.41) is 0.420. The fourth-order valence-electron chi connectivity index (χ4n) is 4.65. The molecule has 3 aromatic carbocycles. The highest BCUT2D eigenvalue weighted by Gasteiger charge is 2.33. The van der Waals surface area contributed by atoms with Crippen molar-refractivity contribution < 1.29 is 14.3 Å². The van der Waals surface area contributed by atoms with E-state index in [1.165, 1.54) is 16.9 Å². The first-order valence-corrected chi connectivity index (χ1v) is 15.1. The summed E-state index contributed by atoms with van der Waals surface area (Å²) in [4.78, 5) is 32.1. The summed E-state index contributed by atoms with van der Waals surface area (Å²) >= 11 is 11.5. The predicted octanol–water partition coefficient (Wildman–Crippen LogP) is 6.41. The van der Waals surface area contributed by atoms with Gasteiger partial charge in [0.15, 0.2) is 10.6 Å². The normalized spacial score (nSPS) is 15.0. The highest BCUT2D eigenvalue weighted by atomic mass is 79.9. The summed E-state index contributed by atoms with van der Waals surface area (Å²) in [6.45, 7) is 8.16. The molecule has 1 atom stereocenters. The molecule has 1 aliphatic heterocycles. The smallest absolute Gasteiger partial charge is 0.338 e. The fourth-order valence-corrected chi connectivity index (χ4v) is 6.68. The van der Waals surface area contributed by atoms with Crippen LogP contribution in [0.4, 0.5) is 0 Å². The number of benzene rings is 3. The SMILES string of the molecule is CCOC(=O)C1=C(C)N=c2s/c(=C/c3cc(Cl)c(OCc4ccc(C)cc4)c(Br)c3)c(=O)n2[C@@H]1c1ccc(C)cc1. The third-order valence-electron chi connectivity index (χ3n) is 6.73. The molecule has 6 nitrogen and oxygen atoms in total. The van der Waals surface area contributed by atoms with Crippen LogP contribution in [0.3, 0.4) is 0 Å². The molecule has 2 heterocycles. The molecule has 0 spiro atoms. The lowest BCUT2D eigenvalue weighted by Gasteiger charge is -2.24. The van der Waals surface area contributed by atoms with Crippen molar-refractivity contribution in [3.8, 4) is 5.75 Å². The molecule has 0 saturated carbocycles. The number of allylic oxidation sites excluding steroid dienone is 1. The van der Waals surface area contributed by atoms with Gasteiger partial charge in [-0.1, -0.05) is 82.6 Å². The number of rotatable bonds is 7. The number of aromatic nitrogens is 1. The molecule has 1 aliphatic rings. The Balaban J connectivity index is 1.54. The van der Waals surface area contributed by atoms with E-state index in [2.05, 4.69) is 20.9 Å². The predicted molar refractivity (Wildman–Crippen MR) is 166 cm³/mol. The van der Waals surface area contributed by atoms with E-state index >= 15 is 0 Å². The first kappa shape index (κ1) is 29.0. The van der Waals surface area contributed by atoms with Gasteiger partial charge in [-0.05, 0) is 78.5 Å². The molecule has 0 radical (unpaired) electrons. The number of nitrogens with zero attached hydrogens (tertiary/aromatic N) is 2. The molecular weight excluding hydrogens is 624 g/mol. The van der Waals surface area contributed by atoms with E-state index in [4.69, 9.17) is 21.1 Å². The van der Waals surface area contributed by atoms with E-state index in [1.807, 2.05) is 68.4 Å². The zero-order valence-electron chi connectivity index (χ0n) is 23.0. The van der Waals surface area contributed by atoms with Crippen LogP contribution in [0.2, 0.25) is 5.02 Å². The minimum atomic E-state index is -0.652. The molecule has 0 N–H and O–H groups in total. The van der Waals surface area contributed by atoms with Gasteiger partial charge in [0.2, 0.25) is 0 Å². The number of ether oxygens (including phenoxy) is 2. The monoisotopic (exact) mass is 650 g/mol. The minimum Gasteiger partial charge on any atom is -0.486 e. The van der Waals surface area contributed by atoms with Gasteiger partial charge in [-0.3, -0.25) is 9.36 Å². The highest BCUT2D eigenvalue weighted by molar-refractivity contribution is 9.10. The summed E-state index contributed by atoms with van der Waals surface area (Å²) in [6, 6.07) is 18.9. The average Bonchev–Trinajstić information content (AvgIpc) is 3.23. The zero-order valence-corrected chi connectivity index (χ0v) is 26.2. The Morgan fingerprint density at radius 1 is 1.07 bits per heavy atom. The van der Waals surface area contributed by atoms with E-state index in [1.54, 1.807) is 30.6 Å². The van der Waals surface area contributed by atoms with E-state index in [9.17, 15) is 9.59 Å². The second kappa shape index (κ2) is 12.2. The van der Waals surface area contributed by atoms with Gasteiger partial charge in [0.1, 0.15) is 6.61 Å². The third kappa shape index (κ3) is 6.10. The van der Waals surface area contributed by atoms with Crippen LogP contribution < -0.4 is 19.6 Å². The Labute approximate surface area is 255 Å². The van der Waals surface area contributed by atoms with Gasteiger partial charge in [0.25, 0.3) is 5.56 Å². The first-order chi connectivity index (χ1) is 19.7. The lowest BCUT2D eigenvalue weighted by molar-refractivity contribution is -0.139. The molecule has 5 rings (SSSR count). The zero-order chi connectivity index (χ0) is 29.3. The van der Waals surface area contributed by atoms with Crippen LogP contribution in [0.1, 0.15) is 47.7 Å². The van der Waals surface area contributed by atoms with Crippen LogP contribution in [0.15, 0.2) is 86.2 Å². The molecule has 9 heteroatoms. The number of fused-ring (bicyclic) bond motifs is 1. The number of carbonyl (C=O) groups is 1. The molecule has 0 unspecified atom stereocenters. The number of thiazole rings is 1. The van der Waals surface area contributed by atoms with Crippen LogP contribution in [0, 0.1) is 13.8 Å². The van der Waals surface area contributed by atoms with Gasteiger partial charge < -0.3 is 9.47 Å². The number of esters is 1. The Morgan fingerprint density at radius 2 is 1.73 bits per heavy atom. The molecule has 210 valence electrons. The van der Waals surface area contributed by atoms with E-state index in [-0.39, 0.29) is 12.2 Å². The Morgan fingerprint density at radius 3 is 2.37 bits per heavy atom. The summed E-state index contributed by atoms with van der Waals surface area (Å²) in [6.07, 6.45) is 1.78. The lowest BCUT2D eigenvalue weighted by Crippen LogP contribution is -2.39. The van der Waals surface area contributed by atoms with Crippen molar-refractivity contribution in [1.29, 1.82) is 0 Å². The topological polar surface area (TPSA) is 69.9 Å². The third-order valence-corrected chi connectivity index (χ3v) is 8.58. The number of hydrogen-bond acceptors (Lipinski definition) is 6. The van der Waals surface area contributed by atoms with E-state index in [0.717, 1.165) is 22.3 Å². The molecular formula is C32H28BrClN2O4S. The van der Waals surface area contributed by atoms with Crippen molar-refractivity contribution in [3.63, 3.8) is 0 Å². The Kier molecular flexibility index (Phi) is 8.63. The number of carbonyl (C=O) groups excluding carboxylic acids is 1. The van der Waals surface area contributed by atoms with Gasteiger partial charge in [-0.2, -0.15) is 0 Å². The highest BCUT2D eigenvalue weighted by Crippen LogP contribution is 2.35. The summed E-state index contributed by atoms with van der Waals surface area (Å²) < 4.78 is 14.1. The quantitative estimate of drug-likeness (QED) is 0.217. The van der Waals surface area contributed by atoms with Gasteiger partial charge >= 0.3 is 5.97 Å². The van der Waals surface area contributed by atoms with Crippen LogP contribution in [-0.4, -0.2) is 17.1 Å². The maximum absolute atomic E-state index is 13.9. The largest absolute Gasteiger partial charge is 0.486 e. The van der Waals surface area contributed by atoms with Crippen molar-refractivity contribution in [2.75, 3.05) is 6.61 Å². The van der Waals surface area contributed by atoms with Gasteiger partial charge in [-0.25, -0.2) is 9.79 Å². The van der Waals surface area contributed by atoms with Crippen molar-refractivity contribution in [3.05, 3.63) is 129 Å². The number of aryl methyl sites for hydroxylation is 2. The van der Waals surface area contributed by atoms with E-state index < -0.39 is 12.0 Å². The lowest BCUT2D eigenvalue weighted by atomic mass is 9.95. The second-order valence-electron chi connectivity index (χ2n) is 9.80. The number of halogens is 2. The van der Waals surface area contributed by atoms with Crippen molar-refractivity contribution in [1.82, 2.24) is 4.57 Å². The Bertz CT molecular complexity index is 1820. The molecule has 4 aromatic rings. The van der Waals surface area contributed by atoms with Crippen molar-refractivity contribution in [2.45, 2.75) is 40.3 Å². The van der Waals surface area contributed by atoms with Crippen molar-refractivity contribution >= 4 is 50.9 Å². The van der Waals surface area contributed by atoms with Gasteiger partial charge in [-0.15, -0.1) is 0 Å². The van der Waals surface area contributed by atoms with Crippen LogP contribution in [0.25, 0.3) is 6.08 Å². The molecule has 0 aliphatic carbocycles. The summed E-state index contributed by atoms with van der Waals surface area (Å²) in [7, 11) is 0. The standard InChI is InChI=1S/C32H28BrClN2O4S/c1-5-39-31(38)27-20(4)35-32-36(28(27)23-12-8-19(3)9-13-23)30(37)26(41-32)16-22-14-24(33)29(25(34)15-22)40-17-21-10-6-18(2)7-11-21/h6-16,28H,5,17H2,1-4H3/b26-16+/t28-/m1/s1. The Hall–Kier alpha value is -3.46. The minimum absolute atomic E-state index is 0.223. The first-order valence-electron chi connectivity index (χ1n) is 13.1. The molecule has 0 amide bonds. The van der Waals surface area contributed by atoms with Gasteiger partial charge in [0, 0.05) is 0 Å². The number of hydrogen-bond donors (Lipinski definition) is 0. The van der Waals surface area contributed by atoms with E-state index in [0.29, 0.717) is 42.5 Å². The maximum atomic E-state index is 13.9. The summed E-state index contributed by atoms with van der Waals surface area (Å²) in [5.74, 6) is 0.0467. The van der Waals surface area contributed by atoms with Crippen LogP contribution in [0.5, 0.6) is 5.75 Å². The summed E-state index contributed by atoms with van der Waals surface area (Å²) in [5.41, 5.74) is 5.46.